The van der Waals surface area contributed by atoms with Crippen LogP contribution in [0.2, 0.25) is 0 Å². The molecular formula is C11H14N2S. The number of nitrogens with zero attached hydrogens (tertiary/aromatic N) is 2. The van der Waals surface area contributed by atoms with Gasteiger partial charge in [0.15, 0.2) is 0 Å². The van der Waals surface area contributed by atoms with Gasteiger partial charge in [-0.3, -0.25) is 0 Å². The lowest BCUT2D eigenvalue weighted by molar-refractivity contribution is 1.05. The zero-order valence-electron chi connectivity index (χ0n) is 8.69. The summed E-state index contributed by atoms with van der Waals surface area (Å²) in [5.74, 6) is 0. The Morgan fingerprint density at radius 2 is 1.64 bits per heavy atom. The number of hydrogen-bond acceptors (Lipinski definition) is 3. The molecule has 0 amide bonds. The van der Waals surface area contributed by atoms with Gasteiger partial charge in [0.2, 0.25) is 0 Å². The van der Waals surface area contributed by atoms with E-state index >= 15 is 0 Å². The van der Waals surface area contributed by atoms with Crippen LogP contribution in [-0.2, 0) is 0 Å². The topological polar surface area (TPSA) is 25.8 Å². The largest absolute Gasteiger partial charge is 0.147 e. The van der Waals surface area contributed by atoms with Crippen molar-refractivity contribution in [1.82, 2.24) is 10.2 Å². The van der Waals surface area contributed by atoms with E-state index in [1.165, 1.54) is 0 Å². The van der Waals surface area contributed by atoms with Crippen LogP contribution in [0.15, 0.2) is 30.3 Å². The van der Waals surface area contributed by atoms with Gasteiger partial charge in [0.05, 0.1) is 0 Å². The fraction of sp³-hybridized carbons (Fsp3) is 0.273. The maximum Gasteiger partial charge on any atom is 0.147 e. The summed E-state index contributed by atoms with van der Waals surface area (Å²) in [4.78, 5) is 0. The Hall–Kier alpha value is -1.22. The third-order valence-electron chi connectivity index (χ3n) is 1.55. The van der Waals surface area contributed by atoms with E-state index in [4.69, 9.17) is 0 Å². The van der Waals surface area contributed by atoms with Gasteiger partial charge < -0.3 is 0 Å². The molecule has 14 heavy (non-hydrogen) atoms. The highest BCUT2D eigenvalue weighted by molar-refractivity contribution is 7.14. The molecule has 0 spiro atoms. The van der Waals surface area contributed by atoms with Crippen LogP contribution in [0.1, 0.15) is 18.9 Å². The van der Waals surface area contributed by atoms with Crippen LogP contribution in [-0.4, -0.2) is 10.2 Å². The molecule has 0 aliphatic heterocycles. The van der Waals surface area contributed by atoms with Gasteiger partial charge in [-0.1, -0.05) is 55.5 Å². The zero-order valence-corrected chi connectivity index (χ0v) is 9.51. The molecule has 0 aliphatic rings. The van der Waals surface area contributed by atoms with Gasteiger partial charge in [-0.05, 0) is 6.92 Å². The molecule has 2 nitrogen and oxygen atoms in total. The molecule has 0 radical (unpaired) electrons. The second kappa shape index (κ2) is 5.50. The van der Waals surface area contributed by atoms with Crippen molar-refractivity contribution in [3.63, 3.8) is 0 Å². The first-order valence-corrected chi connectivity index (χ1v) is 5.53. The van der Waals surface area contributed by atoms with Crippen LogP contribution in [0.25, 0.3) is 10.6 Å². The summed E-state index contributed by atoms with van der Waals surface area (Å²) in [6, 6.07) is 10.1. The summed E-state index contributed by atoms with van der Waals surface area (Å²) in [7, 11) is 0. The summed E-state index contributed by atoms with van der Waals surface area (Å²) in [6.45, 7) is 5.96. The van der Waals surface area contributed by atoms with Gasteiger partial charge in [0.25, 0.3) is 0 Å². The van der Waals surface area contributed by atoms with Crippen molar-refractivity contribution in [3.05, 3.63) is 35.3 Å². The molecular weight excluding hydrogens is 192 g/mol. The van der Waals surface area contributed by atoms with Gasteiger partial charge in [-0.25, -0.2) is 0 Å². The van der Waals surface area contributed by atoms with Crippen molar-refractivity contribution in [3.8, 4) is 10.6 Å². The molecule has 0 aliphatic carbocycles. The van der Waals surface area contributed by atoms with E-state index in [0.717, 1.165) is 15.6 Å². The third kappa shape index (κ3) is 2.64. The van der Waals surface area contributed by atoms with Crippen LogP contribution >= 0.6 is 11.3 Å². The SMILES string of the molecule is CC.Cc1nnc(-c2ccccc2)s1. The lowest BCUT2D eigenvalue weighted by atomic mass is 10.2. The minimum absolute atomic E-state index is 0.994. The Labute approximate surface area is 88.6 Å². The van der Waals surface area contributed by atoms with Gasteiger partial charge >= 0.3 is 0 Å². The van der Waals surface area contributed by atoms with E-state index in [2.05, 4.69) is 10.2 Å². The zero-order chi connectivity index (χ0) is 10.4. The highest BCUT2D eigenvalue weighted by Gasteiger charge is 2.01. The normalized spacial score (nSPS) is 9.07. The number of aryl methyl sites for hydroxylation is 1. The Morgan fingerprint density at radius 3 is 2.14 bits per heavy atom. The van der Waals surface area contributed by atoms with E-state index in [0.29, 0.717) is 0 Å². The van der Waals surface area contributed by atoms with Crippen LogP contribution in [0.4, 0.5) is 0 Å². The smallest absolute Gasteiger partial charge is 0.143 e. The number of rotatable bonds is 1. The molecule has 2 rings (SSSR count). The summed E-state index contributed by atoms with van der Waals surface area (Å²) in [6.07, 6.45) is 0. The molecule has 0 saturated heterocycles. The summed E-state index contributed by atoms with van der Waals surface area (Å²) < 4.78 is 0. The van der Waals surface area contributed by atoms with Gasteiger partial charge in [-0.15, -0.1) is 10.2 Å². The number of aromatic nitrogens is 2. The maximum absolute atomic E-state index is 4.05. The Balaban J connectivity index is 0.000000461. The average Bonchev–Trinajstić information content (AvgIpc) is 2.69. The Morgan fingerprint density at radius 1 is 1.00 bits per heavy atom. The fourth-order valence-corrected chi connectivity index (χ4v) is 1.69. The lowest BCUT2D eigenvalue weighted by Crippen LogP contribution is -1.74. The predicted octanol–water partition coefficient (Wildman–Crippen LogP) is 3.54. The van der Waals surface area contributed by atoms with Gasteiger partial charge in [0, 0.05) is 5.56 Å². The Kier molecular flexibility index (Phi) is 4.26. The van der Waals surface area contributed by atoms with Crippen molar-refractivity contribution in [1.29, 1.82) is 0 Å². The first-order valence-electron chi connectivity index (χ1n) is 4.72. The summed E-state index contributed by atoms with van der Waals surface area (Å²) in [5.41, 5.74) is 1.14. The lowest BCUT2D eigenvalue weighted by Gasteiger charge is -1.90. The highest BCUT2D eigenvalue weighted by atomic mass is 32.1. The van der Waals surface area contributed by atoms with Crippen molar-refractivity contribution in [2.75, 3.05) is 0 Å². The van der Waals surface area contributed by atoms with E-state index in [1.54, 1.807) is 11.3 Å². The van der Waals surface area contributed by atoms with Crippen molar-refractivity contribution in [2.45, 2.75) is 20.8 Å². The van der Waals surface area contributed by atoms with Crippen LogP contribution in [0.5, 0.6) is 0 Å². The van der Waals surface area contributed by atoms with Crippen molar-refractivity contribution < 1.29 is 0 Å². The molecule has 0 fully saturated rings. The van der Waals surface area contributed by atoms with E-state index in [-0.39, 0.29) is 0 Å². The Bertz CT molecular complexity index is 368. The highest BCUT2D eigenvalue weighted by Crippen LogP contribution is 2.21. The molecule has 1 aromatic carbocycles. The first kappa shape index (κ1) is 10.9. The van der Waals surface area contributed by atoms with Gasteiger partial charge in [0.1, 0.15) is 10.0 Å². The minimum Gasteiger partial charge on any atom is -0.143 e. The van der Waals surface area contributed by atoms with Crippen molar-refractivity contribution in [2.24, 2.45) is 0 Å². The van der Waals surface area contributed by atoms with E-state index in [9.17, 15) is 0 Å². The number of benzene rings is 1. The summed E-state index contributed by atoms with van der Waals surface area (Å²) in [5, 5.41) is 10.0. The van der Waals surface area contributed by atoms with Crippen LogP contribution in [0, 0.1) is 6.92 Å². The average molecular weight is 206 g/mol. The third-order valence-corrected chi connectivity index (χ3v) is 2.43. The molecule has 0 N–H and O–H groups in total. The van der Waals surface area contributed by atoms with Crippen LogP contribution < -0.4 is 0 Å². The van der Waals surface area contributed by atoms with Crippen molar-refractivity contribution >= 4 is 11.3 Å². The molecule has 0 saturated carbocycles. The second-order valence-electron chi connectivity index (χ2n) is 2.49. The van der Waals surface area contributed by atoms with E-state index in [1.807, 2.05) is 51.1 Å². The molecule has 3 heteroatoms. The first-order chi connectivity index (χ1) is 6.86. The quantitative estimate of drug-likeness (QED) is 0.713. The molecule has 1 aromatic heterocycles. The molecule has 0 unspecified atom stereocenters. The minimum atomic E-state index is 0.994. The fourth-order valence-electron chi connectivity index (χ4n) is 0.994. The van der Waals surface area contributed by atoms with Gasteiger partial charge in [-0.2, -0.15) is 0 Å². The molecule has 2 aromatic rings. The molecule has 0 atom stereocenters. The predicted molar refractivity (Wildman–Crippen MR) is 61.4 cm³/mol. The second-order valence-corrected chi connectivity index (χ2v) is 3.67. The van der Waals surface area contributed by atoms with Crippen LogP contribution in [0.3, 0.4) is 0 Å². The molecule has 74 valence electrons. The van der Waals surface area contributed by atoms with E-state index < -0.39 is 0 Å². The maximum atomic E-state index is 4.05. The summed E-state index contributed by atoms with van der Waals surface area (Å²) >= 11 is 1.62. The molecule has 0 bridgehead atoms. The molecule has 1 heterocycles. The monoisotopic (exact) mass is 206 g/mol. The number of hydrogen-bond donors (Lipinski definition) is 0. The standard InChI is InChI=1S/C9H8N2S.C2H6/c1-7-10-11-9(12-7)8-5-3-2-4-6-8;1-2/h2-6H,1H3;1-2H3.